The van der Waals surface area contributed by atoms with Crippen LogP contribution in [-0.4, -0.2) is 0 Å². The van der Waals surface area contributed by atoms with Crippen molar-refractivity contribution in [3.05, 3.63) is 82.8 Å². The van der Waals surface area contributed by atoms with Gasteiger partial charge in [-0.2, -0.15) is 0 Å². The molecule has 3 atom stereocenters. The second kappa shape index (κ2) is 5.88. The van der Waals surface area contributed by atoms with E-state index in [9.17, 15) is 0 Å². The Morgan fingerprint density at radius 3 is 1.95 bits per heavy atom. The van der Waals surface area contributed by atoms with E-state index in [1.54, 1.807) is 0 Å². The van der Waals surface area contributed by atoms with Crippen LogP contribution in [0.15, 0.2) is 71.6 Å². The molecule has 20 heavy (non-hydrogen) atoms. The summed E-state index contributed by atoms with van der Waals surface area (Å²) in [5, 5.41) is 0.548. The molecule has 0 nitrogen and oxygen atoms in total. The van der Waals surface area contributed by atoms with E-state index >= 15 is 0 Å². The first kappa shape index (κ1) is 13.5. The fourth-order valence-corrected chi connectivity index (χ4v) is 4.33. The lowest BCUT2D eigenvalue weighted by atomic mass is 9.82. The van der Waals surface area contributed by atoms with Crippen molar-refractivity contribution < 1.29 is 0 Å². The number of benzene rings is 2. The van der Waals surface area contributed by atoms with Crippen molar-refractivity contribution in [2.45, 2.75) is 25.0 Å². The van der Waals surface area contributed by atoms with Crippen molar-refractivity contribution in [3.63, 3.8) is 0 Å². The van der Waals surface area contributed by atoms with E-state index < -0.39 is 0 Å². The van der Waals surface area contributed by atoms with Gasteiger partial charge in [-0.3, -0.25) is 0 Å². The highest BCUT2D eigenvalue weighted by molar-refractivity contribution is 8.03. The van der Waals surface area contributed by atoms with Crippen molar-refractivity contribution >= 4 is 11.8 Å². The molecule has 0 aliphatic carbocycles. The van der Waals surface area contributed by atoms with Crippen LogP contribution in [0.25, 0.3) is 0 Å². The summed E-state index contributed by atoms with van der Waals surface area (Å²) in [5.74, 6) is 1.12. The normalized spacial score (nSPS) is 26.1. The molecular weight excluding hydrogens is 260 g/mol. The Morgan fingerprint density at radius 2 is 1.35 bits per heavy atom. The summed E-state index contributed by atoms with van der Waals surface area (Å²) in [4.78, 5) is 1.44. The first-order chi connectivity index (χ1) is 9.75. The van der Waals surface area contributed by atoms with Crippen molar-refractivity contribution in [2.24, 2.45) is 5.92 Å². The lowest BCUT2D eigenvalue weighted by Gasteiger charge is -2.34. The zero-order chi connectivity index (χ0) is 13.9. The third-order valence-corrected chi connectivity index (χ3v) is 5.55. The van der Waals surface area contributed by atoms with Crippen molar-refractivity contribution in [3.8, 4) is 0 Å². The van der Waals surface area contributed by atoms with Crippen LogP contribution in [0.4, 0.5) is 0 Å². The summed E-state index contributed by atoms with van der Waals surface area (Å²) in [6.07, 6.45) is 2.43. The zero-order valence-corrected chi connectivity index (χ0v) is 12.8. The molecule has 102 valence electrons. The highest BCUT2D eigenvalue weighted by Gasteiger charge is 2.31. The SMILES string of the molecule is CC1=CC(c2ccccc2)C(C)C(c2ccccc2)S1. The van der Waals surface area contributed by atoms with Crippen LogP contribution < -0.4 is 0 Å². The van der Waals surface area contributed by atoms with Crippen LogP contribution in [0.1, 0.15) is 36.1 Å². The molecule has 0 aromatic heterocycles. The standard InChI is InChI=1S/C19H20S/c1-14-13-18(16-9-5-3-6-10-16)15(2)19(20-14)17-11-7-4-8-12-17/h3-13,15,18-19H,1-2H3. The summed E-state index contributed by atoms with van der Waals surface area (Å²) in [6.45, 7) is 4.62. The Hall–Kier alpha value is -1.47. The molecule has 0 fully saturated rings. The molecule has 3 rings (SSSR count). The van der Waals surface area contributed by atoms with Crippen molar-refractivity contribution in [2.75, 3.05) is 0 Å². The predicted molar refractivity (Wildman–Crippen MR) is 88.9 cm³/mol. The van der Waals surface area contributed by atoms with Crippen LogP contribution in [-0.2, 0) is 0 Å². The third kappa shape index (κ3) is 2.69. The summed E-state index contributed by atoms with van der Waals surface area (Å²) in [7, 11) is 0. The van der Waals surface area contributed by atoms with Gasteiger partial charge < -0.3 is 0 Å². The molecule has 0 spiro atoms. The fourth-order valence-electron chi connectivity index (χ4n) is 3.03. The quantitative estimate of drug-likeness (QED) is 0.670. The van der Waals surface area contributed by atoms with Gasteiger partial charge >= 0.3 is 0 Å². The minimum atomic E-state index is 0.516. The van der Waals surface area contributed by atoms with Gasteiger partial charge in [-0.1, -0.05) is 73.7 Å². The molecule has 0 saturated heterocycles. The minimum Gasteiger partial charge on any atom is -0.123 e. The number of thioether (sulfide) groups is 1. The summed E-state index contributed by atoms with van der Waals surface area (Å²) in [6, 6.07) is 21.8. The highest BCUT2D eigenvalue weighted by Crippen LogP contribution is 2.50. The molecule has 0 saturated carbocycles. The van der Waals surface area contributed by atoms with Crippen LogP contribution in [0.3, 0.4) is 0 Å². The van der Waals surface area contributed by atoms with Gasteiger partial charge in [0.2, 0.25) is 0 Å². The molecule has 1 heteroatoms. The molecule has 0 amide bonds. The smallest absolute Gasteiger partial charge is 0.0375 e. The number of rotatable bonds is 2. The van der Waals surface area contributed by atoms with Gasteiger partial charge in [0.15, 0.2) is 0 Å². The Morgan fingerprint density at radius 1 is 0.800 bits per heavy atom. The Balaban J connectivity index is 1.95. The summed E-state index contributed by atoms with van der Waals surface area (Å²) in [5.41, 5.74) is 2.87. The highest BCUT2D eigenvalue weighted by atomic mass is 32.2. The monoisotopic (exact) mass is 280 g/mol. The topological polar surface area (TPSA) is 0 Å². The first-order valence-corrected chi connectivity index (χ1v) is 8.08. The lowest BCUT2D eigenvalue weighted by molar-refractivity contribution is 0.505. The molecule has 2 aromatic rings. The van der Waals surface area contributed by atoms with Crippen molar-refractivity contribution in [1.29, 1.82) is 0 Å². The van der Waals surface area contributed by atoms with Crippen LogP contribution in [0.5, 0.6) is 0 Å². The van der Waals surface area contributed by atoms with Crippen LogP contribution in [0, 0.1) is 5.92 Å². The predicted octanol–water partition coefficient (Wildman–Crippen LogP) is 5.80. The van der Waals surface area contributed by atoms with E-state index in [4.69, 9.17) is 0 Å². The second-order valence-electron chi connectivity index (χ2n) is 5.52. The van der Waals surface area contributed by atoms with Gasteiger partial charge in [0, 0.05) is 11.2 Å². The molecule has 0 N–H and O–H groups in total. The van der Waals surface area contributed by atoms with Gasteiger partial charge in [-0.15, -0.1) is 11.8 Å². The molecule has 1 heterocycles. The minimum absolute atomic E-state index is 0.516. The Bertz CT molecular complexity index is 586. The van der Waals surface area contributed by atoms with E-state index in [0.29, 0.717) is 17.1 Å². The number of allylic oxidation sites excluding steroid dienone is 2. The van der Waals surface area contributed by atoms with Crippen LogP contribution >= 0.6 is 11.8 Å². The average molecular weight is 280 g/mol. The number of hydrogen-bond donors (Lipinski definition) is 0. The maximum atomic E-state index is 2.43. The van der Waals surface area contributed by atoms with Crippen LogP contribution in [0.2, 0.25) is 0 Å². The summed E-state index contributed by atoms with van der Waals surface area (Å²) < 4.78 is 0. The molecule has 2 aromatic carbocycles. The van der Waals surface area contributed by atoms with E-state index in [0.717, 1.165) is 0 Å². The van der Waals surface area contributed by atoms with Crippen molar-refractivity contribution in [1.82, 2.24) is 0 Å². The molecule has 0 radical (unpaired) electrons. The average Bonchev–Trinajstić information content (AvgIpc) is 2.51. The third-order valence-electron chi connectivity index (χ3n) is 4.08. The maximum Gasteiger partial charge on any atom is 0.0375 e. The second-order valence-corrected chi connectivity index (χ2v) is 6.91. The van der Waals surface area contributed by atoms with Gasteiger partial charge in [-0.25, -0.2) is 0 Å². The largest absolute Gasteiger partial charge is 0.123 e. The van der Waals surface area contributed by atoms with Gasteiger partial charge in [0.05, 0.1) is 0 Å². The first-order valence-electron chi connectivity index (χ1n) is 7.20. The van der Waals surface area contributed by atoms with E-state index in [1.807, 2.05) is 11.8 Å². The van der Waals surface area contributed by atoms with Gasteiger partial charge in [0.1, 0.15) is 0 Å². The molecule has 1 aliphatic heterocycles. The molecular formula is C19H20S. The van der Waals surface area contributed by atoms with Gasteiger partial charge in [0.25, 0.3) is 0 Å². The fraction of sp³-hybridized carbons (Fsp3) is 0.263. The summed E-state index contributed by atoms with van der Waals surface area (Å²) >= 11 is 2.01. The molecule has 1 aliphatic rings. The van der Waals surface area contributed by atoms with E-state index in [1.165, 1.54) is 16.0 Å². The lowest BCUT2D eigenvalue weighted by Crippen LogP contribution is -2.18. The number of hydrogen-bond acceptors (Lipinski definition) is 1. The Kier molecular flexibility index (Phi) is 3.98. The molecule has 3 unspecified atom stereocenters. The van der Waals surface area contributed by atoms with Gasteiger partial charge in [-0.05, 0) is 28.9 Å². The Labute approximate surface area is 125 Å². The maximum absolute atomic E-state index is 2.43. The zero-order valence-electron chi connectivity index (χ0n) is 12.0. The molecule has 0 bridgehead atoms. The van der Waals surface area contributed by atoms with E-state index in [2.05, 4.69) is 80.6 Å². The van der Waals surface area contributed by atoms with E-state index in [-0.39, 0.29) is 0 Å².